The molecule has 1 aromatic carbocycles. The van der Waals surface area contributed by atoms with Crippen LogP contribution < -0.4 is 21.3 Å². The number of amides is 4. The second-order valence-corrected chi connectivity index (χ2v) is 10.7. The van der Waals surface area contributed by atoms with E-state index in [1.54, 1.807) is 65.0 Å². The third kappa shape index (κ3) is 12.9. The van der Waals surface area contributed by atoms with Gasteiger partial charge in [0.25, 0.3) is 5.78 Å². The molecule has 0 aliphatic heterocycles. The van der Waals surface area contributed by atoms with E-state index in [0.717, 1.165) is 0 Å². The predicted octanol–water partition coefficient (Wildman–Crippen LogP) is 2.80. The summed E-state index contributed by atoms with van der Waals surface area (Å²) in [4.78, 5) is 62.4. The minimum Gasteiger partial charge on any atom is -0.444 e. The van der Waals surface area contributed by atoms with Crippen LogP contribution in [0.4, 0.5) is 18.0 Å². The van der Waals surface area contributed by atoms with Crippen LogP contribution in [-0.2, 0) is 30.3 Å². The van der Waals surface area contributed by atoms with Crippen molar-refractivity contribution in [1.82, 2.24) is 21.3 Å². The maximum atomic E-state index is 13.3. The second kappa shape index (κ2) is 15.2. The minimum absolute atomic E-state index is 0.0189. The highest BCUT2D eigenvalue weighted by Gasteiger charge is 2.43. The van der Waals surface area contributed by atoms with E-state index >= 15 is 0 Å². The Kier molecular flexibility index (Phi) is 13.1. The molecule has 0 heterocycles. The molecule has 1 aromatic rings. The van der Waals surface area contributed by atoms with Crippen molar-refractivity contribution in [1.29, 1.82) is 0 Å². The number of nitrogens with one attached hydrogen (secondary N) is 4. The van der Waals surface area contributed by atoms with E-state index in [-0.39, 0.29) is 25.2 Å². The number of hydrogen-bond donors (Lipinski definition) is 4. The quantitative estimate of drug-likeness (QED) is 0.286. The van der Waals surface area contributed by atoms with E-state index in [1.165, 1.54) is 6.92 Å². The Labute approximate surface area is 232 Å². The number of alkyl halides is 3. The number of hydrogen-bond acceptors (Lipinski definition) is 6. The van der Waals surface area contributed by atoms with Crippen molar-refractivity contribution in [3.05, 3.63) is 35.9 Å². The molecular formula is C27H39F3N4O6. The summed E-state index contributed by atoms with van der Waals surface area (Å²) in [5.41, 5.74) is -0.112. The number of rotatable bonds is 13. The minimum atomic E-state index is -5.14. The molecule has 0 saturated carbocycles. The highest BCUT2D eigenvalue weighted by atomic mass is 19.4. The number of carbonyl (C=O) groups is 5. The molecule has 0 aliphatic rings. The van der Waals surface area contributed by atoms with Gasteiger partial charge in [-0.1, -0.05) is 51.1 Å². The van der Waals surface area contributed by atoms with Gasteiger partial charge in [0.05, 0.1) is 6.04 Å². The number of alkyl carbamates (subject to hydrolysis) is 1. The van der Waals surface area contributed by atoms with Crippen LogP contribution in [0.15, 0.2) is 30.3 Å². The van der Waals surface area contributed by atoms with Crippen molar-refractivity contribution < 1.29 is 41.9 Å². The molecule has 0 radical (unpaired) electrons. The van der Waals surface area contributed by atoms with E-state index in [9.17, 15) is 37.1 Å². The average Bonchev–Trinajstić information content (AvgIpc) is 2.83. The van der Waals surface area contributed by atoms with Gasteiger partial charge < -0.3 is 26.0 Å². The van der Waals surface area contributed by atoms with Crippen molar-refractivity contribution in [3.63, 3.8) is 0 Å². The van der Waals surface area contributed by atoms with Crippen LogP contribution in [0.5, 0.6) is 0 Å². The van der Waals surface area contributed by atoms with Crippen LogP contribution in [0.1, 0.15) is 59.9 Å². The zero-order valence-corrected chi connectivity index (χ0v) is 23.6. The molecule has 0 saturated heterocycles. The summed E-state index contributed by atoms with van der Waals surface area (Å²) in [7, 11) is 0. The lowest BCUT2D eigenvalue weighted by atomic mass is 10.00. The largest absolute Gasteiger partial charge is 0.452 e. The zero-order chi connectivity index (χ0) is 30.7. The maximum Gasteiger partial charge on any atom is 0.452 e. The van der Waals surface area contributed by atoms with E-state index in [4.69, 9.17) is 4.74 Å². The normalized spacial score (nSPS) is 13.9. The SMILES string of the molecule is CC[C@H](NC(=O)[C@H](CC(C)C)NC(=O)[C@H](Cc1ccccc1)NC(=O)CNC(=O)OC(C)(C)C)C(=O)C(F)(F)F. The third-order valence-corrected chi connectivity index (χ3v) is 5.39. The number of carbonyl (C=O) groups excluding carboxylic acids is 5. The number of Topliss-reactive ketones (excluding diaryl/α,β-unsaturated/α-hetero) is 1. The summed E-state index contributed by atoms with van der Waals surface area (Å²) in [6.45, 7) is 9.27. The summed E-state index contributed by atoms with van der Waals surface area (Å²) < 4.78 is 43.9. The van der Waals surface area contributed by atoms with Gasteiger partial charge in [-0.2, -0.15) is 13.2 Å². The zero-order valence-electron chi connectivity index (χ0n) is 23.6. The van der Waals surface area contributed by atoms with Gasteiger partial charge in [-0.3, -0.25) is 19.2 Å². The van der Waals surface area contributed by atoms with Crippen molar-refractivity contribution in [2.75, 3.05) is 6.54 Å². The molecule has 0 spiro atoms. The molecule has 40 heavy (non-hydrogen) atoms. The van der Waals surface area contributed by atoms with Crippen LogP contribution in [0, 0.1) is 5.92 Å². The molecule has 0 aliphatic carbocycles. The number of ketones is 1. The first-order valence-corrected chi connectivity index (χ1v) is 12.9. The summed E-state index contributed by atoms with van der Waals surface area (Å²) >= 11 is 0. The highest BCUT2D eigenvalue weighted by Crippen LogP contribution is 2.19. The molecule has 224 valence electrons. The van der Waals surface area contributed by atoms with E-state index < -0.39 is 66.0 Å². The number of halogens is 3. The van der Waals surface area contributed by atoms with Crippen LogP contribution in [0.25, 0.3) is 0 Å². The fourth-order valence-corrected chi connectivity index (χ4v) is 3.57. The molecule has 13 heteroatoms. The van der Waals surface area contributed by atoms with Crippen molar-refractivity contribution in [2.45, 2.75) is 90.7 Å². The summed E-state index contributed by atoms with van der Waals surface area (Å²) in [6.07, 6.45) is -6.20. The number of benzene rings is 1. The van der Waals surface area contributed by atoms with Gasteiger partial charge in [-0.05, 0) is 45.1 Å². The molecule has 10 nitrogen and oxygen atoms in total. The lowest BCUT2D eigenvalue weighted by Gasteiger charge is -2.26. The van der Waals surface area contributed by atoms with Crippen LogP contribution in [-0.4, -0.2) is 66.0 Å². The van der Waals surface area contributed by atoms with E-state index in [0.29, 0.717) is 5.56 Å². The molecule has 0 bridgehead atoms. The van der Waals surface area contributed by atoms with Crippen molar-refractivity contribution in [3.8, 4) is 0 Å². The van der Waals surface area contributed by atoms with Gasteiger partial charge in [0.15, 0.2) is 0 Å². The molecule has 0 aromatic heterocycles. The third-order valence-electron chi connectivity index (χ3n) is 5.39. The van der Waals surface area contributed by atoms with Gasteiger partial charge >= 0.3 is 12.3 Å². The average molecular weight is 573 g/mol. The fourth-order valence-electron chi connectivity index (χ4n) is 3.57. The first-order valence-electron chi connectivity index (χ1n) is 12.9. The smallest absolute Gasteiger partial charge is 0.444 e. The Bertz CT molecular complexity index is 1030. The molecule has 4 amide bonds. The molecular weight excluding hydrogens is 533 g/mol. The lowest BCUT2D eigenvalue weighted by Crippen LogP contribution is -2.57. The monoisotopic (exact) mass is 572 g/mol. The van der Waals surface area contributed by atoms with E-state index in [2.05, 4.69) is 21.3 Å². The van der Waals surface area contributed by atoms with Crippen molar-refractivity contribution in [2.24, 2.45) is 5.92 Å². The van der Waals surface area contributed by atoms with Gasteiger partial charge in [-0.15, -0.1) is 0 Å². The van der Waals surface area contributed by atoms with Crippen LogP contribution in [0.2, 0.25) is 0 Å². The second-order valence-electron chi connectivity index (χ2n) is 10.7. The van der Waals surface area contributed by atoms with Gasteiger partial charge in [0, 0.05) is 6.42 Å². The maximum absolute atomic E-state index is 13.3. The summed E-state index contributed by atoms with van der Waals surface area (Å²) in [5, 5.41) is 9.40. The van der Waals surface area contributed by atoms with E-state index in [1.807, 2.05) is 0 Å². The fraction of sp³-hybridized carbons (Fsp3) is 0.593. The molecule has 3 atom stereocenters. The Morgan fingerprint density at radius 3 is 1.90 bits per heavy atom. The first-order chi connectivity index (χ1) is 18.4. The molecule has 0 unspecified atom stereocenters. The first kappa shape index (κ1) is 34.4. The van der Waals surface area contributed by atoms with Gasteiger partial charge in [-0.25, -0.2) is 4.79 Å². The number of ether oxygens (including phenoxy) is 1. The summed E-state index contributed by atoms with van der Waals surface area (Å²) in [6, 6.07) is 4.38. The molecule has 4 N–H and O–H groups in total. The molecule has 0 fully saturated rings. The Morgan fingerprint density at radius 1 is 0.850 bits per heavy atom. The lowest BCUT2D eigenvalue weighted by molar-refractivity contribution is -0.173. The van der Waals surface area contributed by atoms with Gasteiger partial charge in [0.1, 0.15) is 24.2 Å². The standard InChI is InChI=1S/C27H39F3N4O6/c1-7-18(22(36)27(28,29)30)33-23(37)19(13-16(2)3)34-24(38)20(14-17-11-9-8-10-12-17)32-21(35)15-31-25(39)40-26(4,5)6/h8-12,16,18-20H,7,13-15H2,1-6H3,(H,31,39)(H,32,35)(H,33,37)(H,34,38)/t18-,19-,20-/m0/s1. The topological polar surface area (TPSA) is 143 Å². The Morgan fingerprint density at radius 2 is 1.40 bits per heavy atom. The Hall–Kier alpha value is -3.64. The van der Waals surface area contributed by atoms with Gasteiger partial charge in [0.2, 0.25) is 17.7 Å². The predicted molar refractivity (Wildman–Crippen MR) is 141 cm³/mol. The summed E-state index contributed by atoms with van der Waals surface area (Å²) in [5.74, 6) is -4.69. The Balaban J connectivity index is 3.07. The molecule has 1 rings (SSSR count). The highest BCUT2D eigenvalue weighted by molar-refractivity contribution is 5.96. The van der Waals surface area contributed by atoms with Crippen LogP contribution in [0.3, 0.4) is 0 Å². The van der Waals surface area contributed by atoms with Crippen LogP contribution >= 0.6 is 0 Å². The van der Waals surface area contributed by atoms with Crippen molar-refractivity contribution >= 4 is 29.6 Å².